The van der Waals surface area contributed by atoms with E-state index in [4.69, 9.17) is 81.3 Å². The first-order chi connectivity index (χ1) is 37.4. The Morgan fingerprint density at radius 1 is 0.547 bits per heavy atom. The fourth-order valence-corrected chi connectivity index (χ4v) is 7.43. The number of hydrogen-bond acceptors (Lipinski definition) is 13. The summed E-state index contributed by atoms with van der Waals surface area (Å²) in [4.78, 5) is 52.1. The molecule has 26 heteroatoms. The first kappa shape index (κ1) is 99.6. The number of hydrogen-bond donors (Lipinski definition) is 2. The number of ether oxygens (including phenoxy) is 2. The second kappa shape index (κ2) is 51.5. The fraction of sp³-hybridized carbons (Fsp3) is 0.533. The molecule has 3 radical (unpaired) electrons. The van der Waals surface area contributed by atoms with Crippen molar-refractivity contribution in [3.8, 4) is 0 Å². The Hall–Kier alpha value is 0.0757. The number of carboxylic acid groups (broad SMARTS) is 1. The van der Waals surface area contributed by atoms with Gasteiger partial charge in [-0.1, -0.05) is 174 Å². The molecular weight excluding hydrogens is 1290 g/mol. The van der Waals surface area contributed by atoms with Crippen molar-refractivity contribution in [3.63, 3.8) is 0 Å². The molecule has 0 bridgehead atoms. The minimum absolute atomic E-state index is 0. The zero-order valence-corrected chi connectivity index (χ0v) is 66.0. The van der Waals surface area contributed by atoms with Crippen LogP contribution in [-0.2, 0) is 60.0 Å². The van der Waals surface area contributed by atoms with Crippen LogP contribution in [0.15, 0.2) is 91.6 Å². The Kier molecular flexibility index (Phi) is 59.6. The van der Waals surface area contributed by atoms with Gasteiger partial charge in [-0.25, -0.2) is 29.7 Å². The maximum Gasteiger partial charge on any atom is 1.00 e. The van der Waals surface area contributed by atoms with Gasteiger partial charge in [-0.2, -0.15) is 11.1 Å². The Morgan fingerprint density at radius 3 is 1.09 bits per heavy atom. The molecule has 5 aromatic rings. The van der Waals surface area contributed by atoms with Gasteiger partial charge >= 0.3 is 99.9 Å². The third-order valence-corrected chi connectivity index (χ3v) is 28.1. The molecule has 0 aliphatic carbocycles. The molecule has 0 aliphatic rings. The summed E-state index contributed by atoms with van der Waals surface area (Å²) >= 11 is 31.0. The summed E-state index contributed by atoms with van der Waals surface area (Å²) < 4.78 is 21.6. The third-order valence-electron chi connectivity index (χ3n) is 12.9. The van der Waals surface area contributed by atoms with Crippen LogP contribution in [0.25, 0.3) is 0 Å². The largest absolute Gasteiger partial charge is 1.00 e. The molecule has 471 valence electrons. The molecule has 5 rings (SSSR count). The van der Waals surface area contributed by atoms with E-state index in [1.807, 2.05) is 30.5 Å². The van der Waals surface area contributed by atoms with Crippen LogP contribution >= 0.6 is 57.5 Å². The monoisotopic (exact) mass is 1390 g/mol. The Balaban J connectivity index is -0.000000144. The minimum atomic E-state index is -1.69. The van der Waals surface area contributed by atoms with Crippen LogP contribution < -0.4 is 18.9 Å². The van der Waals surface area contributed by atoms with E-state index in [0.29, 0.717) is 56.5 Å². The molecule has 14 nitrogen and oxygen atoms in total. The molecular formula is C60H99BCl5K2LiN5O9Si3. The average Bonchev–Trinajstić information content (AvgIpc) is 3.51. The molecule has 5 heterocycles. The van der Waals surface area contributed by atoms with Gasteiger partial charge in [0, 0.05) is 59.2 Å². The van der Waals surface area contributed by atoms with Gasteiger partial charge in [-0.3, -0.25) is 9.59 Å². The zero-order chi connectivity index (χ0) is 62.8. The van der Waals surface area contributed by atoms with Crippen molar-refractivity contribution in [2.45, 2.75) is 178 Å². The van der Waals surface area contributed by atoms with Gasteiger partial charge in [0.1, 0.15) is 26.3 Å². The summed E-state index contributed by atoms with van der Waals surface area (Å²) in [7, 11) is -3.34. The predicted molar refractivity (Wildman–Crippen MR) is 370 cm³/mol. The zero-order valence-electron chi connectivity index (χ0n) is 54.0. The van der Waals surface area contributed by atoms with Crippen molar-refractivity contribution < 1.29 is 63.2 Å². The smallest absolute Gasteiger partial charge is 1.00 e. The second-order valence-corrected chi connectivity index (χ2v) is 40.9. The molecule has 0 aromatic carbocycles. The quantitative estimate of drug-likeness (QED) is 0.0410. The first-order valence-corrected chi connectivity index (χ1v) is 54.1. The molecule has 0 saturated carbocycles. The van der Waals surface area contributed by atoms with Gasteiger partial charge in [-0.05, 0) is 126 Å². The summed E-state index contributed by atoms with van der Waals surface area (Å²) in [6.07, 6.45) is 10.8. The number of nitrogens with zero attached hydrogens (tertiary/aromatic N) is 5. The van der Waals surface area contributed by atoms with Crippen LogP contribution in [0.2, 0.25) is 75.0 Å². The normalized spacial score (nSPS) is 10.6. The molecule has 0 saturated heterocycles. The van der Waals surface area contributed by atoms with Gasteiger partial charge in [-0.15, -0.1) is 0 Å². The summed E-state index contributed by atoms with van der Waals surface area (Å²) in [6, 6.07) is 17.6. The van der Waals surface area contributed by atoms with Crippen molar-refractivity contribution in [2.24, 2.45) is 0 Å². The molecule has 0 amide bonds. The molecule has 2 N–H and O–H groups in total. The standard InChI is InChI=1S/C15H25NO3Si.C13H22ClNOSi.C9H10ClNO2.C7H6ClNO2.C7H8ClNO.C6H15ClSi.3CH4.B.2K.Li.H/c1-15(2,3)20(5,6)19-10-9-12-7-8-13(16-11-12)14(17)18-4;1-13(2,3)17(4,5)16-9-8-11-6-7-12(14)15-10-11;1-2-13-9(12)5-7-3-4-8(10)11-6-7;8-6-2-1-5(4-9-6)3-7(10)11;8-7-2-1-6(3-4-10)5-9-7;1-6(2,3)8(4,5)7;;;;;;;;/h7-8,11H,9-10H2,1-6H3;6-7,10H,8-9H2,1-5H3;3-4,6H,2,5H2,1H3;1-2,4H,3H2,(H,10,11);1-2,5,10H,3-4H2;1-5H3;3*1H4;;;;;/q;;;;;;;;;;;;+1;-1. The minimum Gasteiger partial charge on any atom is 1.00 e. The van der Waals surface area contributed by atoms with Crippen molar-refractivity contribution in [1.82, 2.24) is 24.9 Å². The van der Waals surface area contributed by atoms with Crippen LogP contribution in [0.1, 0.15) is 131 Å². The maximum atomic E-state index is 11.3. The number of aliphatic hydroxyl groups is 1. The van der Waals surface area contributed by atoms with Crippen LogP contribution in [0, 0.1) is 0 Å². The number of carboxylic acids is 1. The third kappa shape index (κ3) is 47.0. The summed E-state index contributed by atoms with van der Waals surface area (Å²) in [5, 5.41) is 19.6. The average molecular weight is 1390 g/mol. The Bertz CT molecular complexity index is 2530. The van der Waals surface area contributed by atoms with Crippen LogP contribution in [0.3, 0.4) is 0 Å². The predicted octanol–water partition coefficient (Wildman–Crippen LogP) is 13.3. The van der Waals surface area contributed by atoms with Gasteiger partial charge in [0.15, 0.2) is 24.0 Å². The molecule has 0 atom stereocenters. The van der Waals surface area contributed by atoms with E-state index in [1.54, 1.807) is 61.9 Å². The number of aromatic nitrogens is 5. The van der Waals surface area contributed by atoms with Crippen LogP contribution in [0.5, 0.6) is 0 Å². The number of aliphatic hydroxyl groups excluding tert-OH is 1. The van der Waals surface area contributed by atoms with Crippen molar-refractivity contribution in [3.05, 3.63) is 146 Å². The van der Waals surface area contributed by atoms with Crippen molar-refractivity contribution in [1.29, 1.82) is 0 Å². The number of esters is 2. The first-order valence-electron chi connectivity index (χ1n) is 26.8. The number of aliphatic carboxylic acids is 1. The number of carbonyl (C=O) groups excluding carboxylic acids is 2. The fourth-order valence-electron chi connectivity index (χ4n) is 4.89. The van der Waals surface area contributed by atoms with E-state index < -0.39 is 36.0 Å². The van der Waals surface area contributed by atoms with E-state index in [1.165, 1.54) is 82.0 Å². The van der Waals surface area contributed by atoms with Gasteiger partial charge in [0.2, 0.25) is 0 Å². The number of pyridine rings is 5. The SMILES string of the molecule is C.C.C.CC(C)(C)[Si](C)(C)Cl.CC(C)(C)[Si](C)(C)OCCc1ccc(Cl)nc1.CCOC(=O)Cc1ccc(Cl)nc1.COC(=O)c1ccc(CCO[Si](C)(C)C(C)(C)C)cn1.O=C(O)Cc1ccc(Cl)nc1.OCCc1ccc(Cl)nc1.[B].[H-].[K][K].[Li+]. The topological polar surface area (TPSA) is 193 Å². The maximum absolute atomic E-state index is 11.3. The van der Waals surface area contributed by atoms with E-state index in [2.05, 4.69) is 131 Å². The molecule has 5 aromatic heterocycles. The molecule has 0 unspecified atom stereocenters. The van der Waals surface area contributed by atoms with Gasteiger partial charge < -0.3 is 30.0 Å². The van der Waals surface area contributed by atoms with Crippen molar-refractivity contribution in [2.75, 3.05) is 33.5 Å². The summed E-state index contributed by atoms with van der Waals surface area (Å²) in [5.41, 5.74) is 5.04. The molecule has 0 fully saturated rings. The van der Waals surface area contributed by atoms with Crippen LogP contribution in [-0.4, -0.2) is 182 Å². The van der Waals surface area contributed by atoms with E-state index in [0.717, 1.165) is 36.1 Å². The Labute approximate surface area is 607 Å². The summed E-state index contributed by atoms with van der Waals surface area (Å²) in [5.74, 6) is -1.52. The van der Waals surface area contributed by atoms with E-state index in [9.17, 15) is 14.4 Å². The number of rotatable bonds is 16. The number of methoxy groups -OCH3 is 1. The van der Waals surface area contributed by atoms with E-state index >= 15 is 0 Å². The Morgan fingerprint density at radius 2 is 0.849 bits per heavy atom. The molecule has 86 heavy (non-hydrogen) atoms. The van der Waals surface area contributed by atoms with Crippen LogP contribution in [0.4, 0.5) is 0 Å². The van der Waals surface area contributed by atoms with Gasteiger partial charge in [0.05, 0.1) is 26.6 Å². The summed E-state index contributed by atoms with van der Waals surface area (Å²) in [6.45, 7) is 37.2. The van der Waals surface area contributed by atoms with Gasteiger partial charge in [0.25, 0.3) is 0 Å². The number of carbonyl (C=O) groups is 3. The van der Waals surface area contributed by atoms with E-state index in [-0.39, 0.29) is 86.5 Å². The second-order valence-electron chi connectivity index (χ2n) is 22.5. The van der Waals surface area contributed by atoms with Crippen molar-refractivity contribution >= 4 is 171 Å². The molecule has 0 aliphatic heterocycles. The number of halogens is 5. The molecule has 0 spiro atoms.